The maximum absolute atomic E-state index is 12.9. The van der Waals surface area contributed by atoms with Gasteiger partial charge in [-0.15, -0.1) is 0 Å². The van der Waals surface area contributed by atoms with Gasteiger partial charge in [0, 0.05) is 0 Å². The lowest BCUT2D eigenvalue weighted by atomic mass is 10.2. The number of carbonyl (C=O) groups is 3. The van der Waals surface area contributed by atoms with E-state index in [2.05, 4.69) is 102 Å². The lowest BCUT2D eigenvalue weighted by Crippen LogP contribution is -2.44. The van der Waals surface area contributed by atoms with E-state index in [4.69, 9.17) is 27.5 Å². The fraction of sp³-hybridized carbons (Fsp3) is 0.909. The molecule has 0 aliphatic rings. The first-order valence-electron chi connectivity index (χ1n) is 16.4. The molecule has 0 fully saturated rings. The summed E-state index contributed by atoms with van der Waals surface area (Å²) in [6.07, 6.45) is -1.82. The first-order valence-corrected chi connectivity index (χ1v) is 25.2. The van der Waals surface area contributed by atoms with Crippen LogP contribution in [0.4, 0.5) is 0 Å². The second-order valence-electron chi connectivity index (χ2n) is 17.2. The molecule has 0 aromatic rings. The average Bonchev–Trinajstić information content (AvgIpc) is 2.77. The van der Waals surface area contributed by atoms with Gasteiger partial charge >= 0.3 is 17.9 Å². The van der Waals surface area contributed by atoms with Crippen LogP contribution in [0.1, 0.15) is 102 Å². The zero-order chi connectivity index (χ0) is 35.8. The Labute approximate surface area is 278 Å². The number of esters is 3. The maximum atomic E-state index is 12.9. The van der Waals surface area contributed by atoms with Gasteiger partial charge in [-0.1, -0.05) is 62.3 Å². The Balaban J connectivity index is 5.41. The summed E-state index contributed by atoms with van der Waals surface area (Å²) >= 11 is 0. The van der Waals surface area contributed by atoms with E-state index >= 15 is 0 Å². The lowest BCUT2D eigenvalue weighted by molar-refractivity contribution is -0.168. The summed E-state index contributed by atoms with van der Waals surface area (Å²) in [6, 6.07) is 0. The molecule has 3 atom stereocenters. The standard InChI is InChI=1S/C33H68O9Si3/c1-24(40-43(13,14)31(4,5)6)19-28(34)37-22-27(39-30(36)21-26(3)42-45(17,18)33(10,11)12)23-38-29(35)20-25(2)41-44(15,16)32(7,8)9/h24-27H,19-23H2,1-18H3/t24-,25-,26-/m1/s1. The van der Waals surface area contributed by atoms with Crippen LogP contribution < -0.4 is 0 Å². The molecular formula is C33H68O9Si3. The summed E-state index contributed by atoms with van der Waals surface area (Å²) in [4.78, 5) is 38.4. The number of carbonyl (C=O) groups excluding carboxylic acids is 3. The van der Waals surface area contributed by atoms with Crippen molar-refractivity contribution in [3.8, 4) is 0 Å². The Morgan fingerprint density at radius 3 is 0.978 bits per heavy atom. The van der Waals surface area contributed by atoms with Gasteiger partial charge < -0.3 is 27.5 Å². The Morgan fingerprint density at radius 2 is 0.733 bits per heavy atom. The maximum Gasteiger partial charge on any atom is 0.308 e. The fourth-order valence-corrected chi connectivity index (χ4v) is 8.04. The van der Waals surface area contributed by atoms with Crippen LogP contribution in [-0.2, 0) is 41.9 Å². The topological polar surface area (TPSA) is 107 Å². The van der Waals surface area contributed by atoms with Crippen molar-refractivity contribution < 1.29 is 41.9 Å². The van der Waals surface area contributed by atoms with Crippen molar-refractivity contribution in [2.75, 3.05) is 13.2 Å². The number of rotatable bonds is 17. The van der Waals surface area contributed by atoms with Crippen molar-refractivity contribution in [3.05, 3.63) is 0 Å². The summed E-state index contributed by atoms with van der Waals surface area (Å²) in [5, 5.41) is 0.00691. The van der Waals surface area contributed by atoms with E-state index in [0.717, 1.165) is 0 Å². The van der Waals surface area contributed by atoms with E-state index in [1.807, 2.05) is 20.8 Å². The van der Waals surface area contributed by atoms with Crippen LogP contribution in [0.5, 0.6) is 0 Å². The van der Waals surface area contributed by atoms with Gasteiger partial charge in [0.1, 0.15) is 13.2 Å². The zero-order valence-corrected chi connectivity index (χ0v) is 35.0. The third kappa shape index (κ3) is 16.1. The molecule has 0 radical (unpaired) electrons. The highest BCUT2D eigenvalue weighted by Crippen LogP contribution is 2.39. The zero-order valence-electron chi connectivity index (χ0n) is 32.0. The second-order valence-corrected chi connectivity index (χ2v) is 31.4. The second kappa shape index (κ2) is 16.9. The average molecular weight is 693 g/mol. The third-order valence-electron chi connectivity index (χ3n) is 9.43. The Bertz CT molecular complexity index is 908. The van der Waals surface area contributed by atoms with E-state index in [1.165, 1.54) is 0 Å². The quantitative estimate of drug-likeness (QED) is 0.0844. The van der Waals surface area contributed by atoms with Crippen molar-refractivity contribution in [2.24, 2.45) is 0 Å². The van der Waals surface area contributed by atoms with Crippen molar-refractivity contribution in [3.63, 3.8) is 0 Å². The monoisotopic (exact) mass is 692 g/mol. The lowest BCUT2D eigenvalue weighted by Gasteiger charge is -2.38. The van der Waals surface area contributed by atoms with E-state index in [-0.39, 0.29) is 65.9 Å². The van der Waals surface area contributed by atoms with Gasteiger partial charge in [0.15, 0.2) is 31.1 Å². The van der Waals surface area contributed by atoms with E-state index in [9.17, 15) is 14.4 Å². The molecule has 0 amide bonds. The number of hydrogen-bond acceptors (Lipinski definition) is 9. The van der Waals surface area contributed by atoms with E-state index < -0.39 is 49.0 Å². The normalized spacial score (nSPS) is 15.8. The summed E-state index contributed by atoms with van der Waals surface area (Å²) in [5.74, 6) is -1.46. The first kappa shape index (κ1) is 43.9. The molecule has 0 aromatic heterocycles. The predicted molar refractivity (Wildman–Crippen MR) is 189 cm³/mol. The molecule has 0 unspecified atom stereocenters. The van der Waals surface area contributed by atoms with Gasteiger partial charge in [0.25, 0.3) is 0 Å². The molecule has 0 saturated carbocycles. The Kier molecular flexibility index (Phi) is 16.5. The van der Waals surface area contributed by atoms with Gasteiger partial charge in [-0.2, -0.15) is 0 Å². The van der Waals surface area contributed by atoms with E-state index in [0.29, 0.717) is 0 Å². The van der Waals surface area contributed by atoms with Crippen LogP contribution in [0, 0.1) is 0 Å². The molecule has 0 heterocycles. The molecule has 0 bridgehead atoms. The summed E-state index contributed by atoms with van der Waals surface area (Å²) in [5.41, 5.74) is 0. The van der Waals surface area contributed by atoms with Crippen molar-refractivity contribution in [1.82, 2.24) is 0 Å². The van der Waals surface area contributed by atoms with Gasteiger partial charge in [0.2, 0.25) is 0 Å². The molecule has 0 aliphatic heterocycles. The van der Waals surface area contributed by atoms with Crippen molar-refractivity contribution >= 4 is 42.9 Å². The van der Waals surface area contributed by atoms with Crippen LogP contribution in [0.3, 0.4) is 0 Å². The number of hydrogen-bond donors (Lipinski definition) is 0. The highest BCUT2D eigenvalue weighted by Gasteiger charge is 2.41. The largest absolute Gasteiger partial charge is 0.462 e. The van der Waals surface area contributed by atoms with Crippen molar-refractivity contribution in [1.29, 1.82) is 0 Å². The van der Waals surface area contributed by atoms with Gasteiger partial charge in [-0.25, -0.2) is 0 Å². The highest BCUT2D eigenvalue weighted by molar-refractivity contribution is 6.75. The smallest absolute Gasteiger partial charge is 0.308 e. The SMILES string of the molecule is C[C@H](CC(=O)OCC(COC(=O)C[C@@H](C)O[Si](C)(C)C(C)(C)C)OC(=O)C[C@@H](C)O[Si](C)(C)C(C)(C)C)O[Si](C)(C)C(C)(C)C. The minimum absolute atomic E-state index is 0.00694. The highest BCUT2D eigenvalue weighted by atomic mass is 28.4. The Morgan fingerprint density at radius 1 is 0.489 bits per heavy atom. The van der Waals surface area contributed by atoms with Gasteiger partial charge in [0.05, 0.1) is 37.6 Å². The minimum Gasteiger partial charge on any atom is -0.462 e. The van der Waals surface area contributed by atoms with Crippen LogP contribution in [-0.4, -0.2) is 80.5 Å². The van der Waals surface area contributed by atoms with Crippen LogP contribution in [0.15, 0.2) is 0 Å². The fourth-order valence-electron chi connectivity index (χ4n) is 3.71. The minimum atomic E-state index is -2.09. The molecule has 0 saturated heterocycles. The Hall–Kier alpha value is -1.06. The van der Waals surface area contributed by atoms with Crippen LogP contribution in [0.2, 0.25) is 54.4 Å². The molecule has 12 heteroatoms. The van der Waals surface area contributed by atoms with Gasteiger partial charge in [-0.3, -0.25) is 14.4 Å². The first-order chi connectivity index (χ1) is 19.9. The molecule has 266 valence electrons. The predicted octanol–water partition coefficient (Wildman–Crippen LogP) is 8.39. The molecule has 45 heavy (non-hydrogen) atoms. The summed E-state index contributed by atoms with van der Waals surface area (Å²) < 4.78 is 35.6. The molecule has 0 spiro atoms. The third-order valence-corrected chi connectivity index (χ3v) is 23.2. The van der Waals surface area contributed by atoms with Gasteiger partial charge in [-0.05, 0) is 75.2 Å². The molecule has 0 aliphatic carbocycles. The summed E-state index contributed by atoms with van der Waals surface area (Å²) in [6.45, 7) is 37.1. The molecule has 9 nitrogen and oxygen atoms in total. The molecule has 0 N–H and O–H groups in total. The van der Waals surface area contributed by atoms with Crippen LogP contribution >= 0.6 is 0 Å². The van der Waals surface area contributed by atoms with E-state index in [1.54, 1.807) is 0 Å². The molecule has 0 aromatic carbocycles. The molecule has 0 rings (SSSR count). The van der Waals surface area contributed by atoms with Crippen molar-refractivity contribution in [2.45, 2.75) is 181 Å². The molecular weight excluding hydrogens is 625 g/mol. The van der Waals surface area contributed by atoms with Crippen LogP contribution in [0.25, 0.3) is 0 Å². The number of ether oxygens (including phenoxy) is 3. The summed E-state index contributed by atoms with van der Waals surface area (Å²) in [7, 11) is -6.21.